The molecule has 0 aliphatic carbocycles. The largest absolute Gasteiger partial charge is 0.493 e. The predicted octanol–water partition coefficient (Wildman–Crippen LogP) is 0.841. The van der Waals surface area contributed by atoms with Crippen LogP contribution in [0.4, 0.5) is 0 Å². The zero-order valence-corrected chi connectivity index (χ0v) is 4.82. The van der Waals surface area contributed by atoms with Gasteiger partial charge >= 0.3 is 0 Å². The van der Waals surface area contributed by atoms with Gasteiger partial charge in [0.25, 0.3) is 0 Å². The molecule has 2 rings (SSSR count). The number of hydrogen-bond acceptors (Lipinski definition) is 2. The summed E-state index contributed by atoms with van der Waals surface area (Å²) in [5, 5.41) is 4.01. The van der Waals surface area contributed by atoms with Gasteiger partial charge in [0.2, 0.25) is 0 Å². The molecule has 1 aliphatic rings. The van der Waals surface area contributed by atoms with Gasteiger partial charge in [-0.1, -0.05) is 0 Å². The number of ether oxygens (including phenoxy) is 1. The molecule has 3 heteroatoms. The van der Waals surface area contributed by atoms with Crippen molar-refractivity contribution in [3.8, 4) is 0 Å². The monoisotopic (exact) mass is 122 g/mol. The summed E-state index contributed by atoms with van der Waals surface area (Å²) in [5.41, 5.74) is 1.09. The van der Waals surface area contributed by atoms with Gasteiger partial charge < -0.3 is 4.74 Å². The molecule has 46 valence electrons. The molecule has 0 amide bonds. The molecule has 0 saturated heterocycles. The van der Waals surface area contributed by atoms with Gasteiger partial charge in [-0.15, -0.1) is 0 Å². The highest BCUT2D eigenvalue weighted by molar-refractivity contribution is 5.24. The van der Waals surface area contributed by atoms with Gasteiger partial charge in [-0.05, 0) is 6.07 Å². The molecule has 0 aromatic carbocycles. The highest BCUT2D eigenvalue weighted by atomic mass is 16.5. The molecular weight excluding hydrogens is 116 g/mol. The Morgan fingerprint density at radius 3 is 3.56 bits per heavy atom. The lowest BCUT2D eigenvalue weighted by Crippen LogP contribution is -2.02. The molecule has 1 aromatic heterocycles. The summed E-state index contributed by atoms with van der Waals surface area (Å²) in [4.78, 5) is 0. The highest BCUT2D eigenvalue weighted by Gasteiger charge is 2.01. The van der Waals surface area contributed by atoms with E-state index in [9.17, 15) is 0 Å². The first-order chi connectivity index (χ1) is 4.47. The van der Waals surface area contributed by atoms with Crippen LogP contribution in [-0.2, 0) is 11.3 Å². The fraction of sp³-hybridized carbons (Fsp3) is 0.167. The minimum Gasteiger partial charge on any atom is -0.493 e. The topological polar surface area (TPSA) is 27.1 Å². The molecule has 1 aliphatic heterocycles. The lowest BCUT2D eigenvalue weighted by molar-refractivity contribution is 0.222. The van der Waals surface area contributed by atoms with E-state index in [2.05, 4.69) is 5.10 Å². The first-order valence-electron chi connectivity index (χ1n) is 2.77. The van der Waals surface area contributed by atoms with Gasteiger partial charge in [0.05, 0.1) is 11.9 Å². The highest BCUT2D eigenvalue weighted by Crippen LogP contribution is 2.06. The van der Waals surface area contributed by atoms with Gasteiger partial charge in [-0.2, -0.15) is 5.10 Å². The Balaban J connectivity index is 2.53. The molecule has 1 aromatic rings. The van der Waals surface area contributed by atoms with Crippen LogP contribution in [0.25, 0.3) is 6.20 Å². The van der Waals surface area contributed by atoms with Crippen LogP contribution in [0.15, 0.2) is 18.5 Å². The van der Waals surface area contributed by atoms with Crippen molar-refractivity contribution >= 4 is 6.20 Å². The van der Waals surface area contributed by atoms with E-state index in [0.717, 1.165) is 5.69 Å². The molecule has 0 fully saturated rings. The molecule has 0 bridgehead atoms. The average molecular weight is 122 g/mol. The Labute approximate surface area is 52.6 Å². The fourth-order valence-electron chi connectivity index (χ4n) is 0.824. The maximum absolute atomic E-state index is 5.01. The van der Waals surface area contributed by atoms with Gasteiger partial charge in [0.15, 0.2) is 0 Å². The van der Waals surface area contributed by atoms with Crippen molar-refractivity contribution in [3.05, 3.63) is 24.2 Å². The van der Waals surface area contributed by atoms with E-state index >= 15 is 0 Å². The summed E-state index contributed by atoms with van der Waals surface area (Å²) in [6, 6.07) is 1.93. The standard InChI is InChI=1S/C6H6N2O/c1-2-7-8-3-4-9-5-6(1)8/h1-4H,5H2. The van der Waals surface area contributed by atoms with Gasteiger partial charge in [0, 0.05) is 6.20 Å². The summed E-state index contributed by atoms with van der Waals surface area (Å²) < 4.78 is 6.81. The summed E-state index contributed by atoms with van der Waals surface area (Å²) in [6.45, 7) is 0.635. The second kappa shape index (κ2) is 1.62. The van der Waals surface area contributed by atoms with E-state index in [0.29, 0.717) is 6.61 Å². The van der Waals surface area contributed by atoms with Crippen molar-refractivity contribution in [1.29, 1.82) is 0 Å². The van der Waals surface area contributed by atoms with Crippen LogP contribution in [0.5, 0.6) is 0 Å². The minimum absolute atomic E-state index is 0.635. The second-order valence-electron chi connectivity index (χ2n) is 1.86. The van der Waals surface area contributed by atoms with Crippen LogP contribution in [-0.4, -0.2) is 9.78 Å². The van der Waals surface area contributed by atoms with Crippen molar-refractivity contribution in [1.82, 2.24) is 9.78 Å². The Morgan fingerprint density at radius 1 is 1.67 bits per heavy atom. The lowest BCUT2D eigenvalue weighted by atomic mass is 10.4. The summed E-state index contributed by atoms with van der Waals surface area (Å²) in [5.74, 6) is 0. The zero-order chi connectivity index (χ0) is 6.10. The Bertz CT molecular complexity index is 239. The molecule has 0 spiro atoms. The van der Waals surface area contributed by atoms with Crippen LogP contribution in [0.3, 0.4) is 0 Å². The quantitative estimate of drug-likeness (QED) is 0.510. The Morgan fingerprint density at radius 2 is 2.67 bits per heavy atom. The molecular formula is C6H6N2O. The van der Waals surface area contributed by atoms with Crippen molar-refractivity contribution in [2.45, 2.75) is 6.61 Å². The third-order valence-corrected chi connectivity index (χ3v) is 1.28. The third-order valence-electron chi connectivity index (χ3n) is 1.28. The Hall–Kier alpha value is -1.25. The maximum Gasteiger partial charge on any atom is 0.129 e. The second-order valence-corrected chi connectivity index (χ2v) is 1.86. The molecule has 0 saturated carbocycles. The zero-order valence-electron chi connectivity index (χ0n) is 4.82. The SMILES string of the molecule is C1=Cn2nccc2CO1. The van der Waals surface area contributed by atoms with Crippen LogP contribution in [0.2, 0.25) is 0 Å². The van der Waals surface area contributed by atoms with Crippen LogP contribution in [0, 0.1) is 0 Å². The minimum atomic E-state index is 0.635. The van der Waals surface area contributed by atoms with E-state index in [1.807, 2.05) is 6.07 Å². The summed E-state index contributed by atoms with van der Waals surface area (Å²) in [7, 11) is 0. The first kappa shape index (κ1) is 4.61. The van der Waals surface area contributed by atoms with Crippen LogP contribution < -0.4 is 0 Å². The van der Waals surface area contributed by atoms with Crippen molar-refractivity contribution in [2.24, 2.45) is 0 Å². The molecule has 0 N–H and O–H groups in total. The van der Waals surface area contributed by atoms with E-state index in [4.69, 9.17) is 4.74 Å². The summed E-state index contributed by atoms with van der Waals surface area (Å²) in [6.07, 6.45) is 5.19. The Kier molecular flexibility index (Phi) is 0.828. The predicted molar refractivity (Wildman–Crippen MR) is 32.3 cm³/mol. The average Bonchev–Trinajstić information content (AvgIpc) is 2.33. The number of aromatic nitrogens is 2. The van der Waals surface area contributed by atoms with Crippen molar-refractivity contribution in [3.63, 3.8) is 0 Å². The van der Waals surface area contributed by atoms with E-state index in [1.165, 1.54) is 0 Å². The van der Waals surface area contributed by atoms with Crippen molar-refractivity contribution < 1.29 is 4.74 Å². The van der Waals surface area contributed by atoms with Gasteiger partial charge in [-0.3, -0.25) is 0 Å². The molecule has 2 heterocycles. The smallest absolute Gasteiger partial charge is 0.129 e. The third kappa shape index (κ3) is 0.614. The number of rotatable bonds is 0. The molecule has 3 nitrogen and oxygen atoms in total. The normalized spacial score (nSPS) is 14.7. The first-order valence-corrected chi connectivity index (χ1v) is 2.77. The van der Waals surface area contributed by atoms with E-state index in [-0.39, 0.29) is 0 Å². The molecule has 0 radical (unpaired) electrons. The van der Waals surface area contributed by atoms with Gasteiger partial charge in [0.1, 0.15) is 12.9 Å². The van der Waals surface area contributed by atoms with Crippen LogP contribution in [0.1, 0.15) is 5.69 Å². The summed E-state index contributed by atoms with van der Waals surface area (Å²) >= 11 is 0. The van der Waals surface area contributed by atoms with Crippen molar-refractivity contribution in [2.75, 3.05) is 0 Å². The molecule has 0 unspecified atom stereocenters. The maximum atomic E-state index is 5.01. The molecule has 0 atom stereocenters. The van der Waals surface area contributed by atoms with E-state index in [1.54, 1.807) is 23.3 Å². The lowest BCUT2D eigenvalue weighted by Gasteiger charge is -2.06. The van der Waals surface area contributed by atoms with Gasteiger partial charge in [-0.25, -0.2) is 4.68 Å². The number of hydrogen-bond donors (Lipinski definition) is 0. The van der Waals surface area contributed by atoms with E-state index < -0.39 is 0 Å². The molecule has 9 heavy (non-hydrogen) atoms. The number of fused-ring (bicyclic) bond motifs is 1. The fourth-order valence-corrected chi connectivity index (χ4v) is 0.824. The van der Waals surface area contributed by atoms with Crippen LogP contribution >= 0.6 is 0 Å². The number of nitrogens with zero attached hydrogens (tertiary/aromatic N) is 2.